The molecular weight excluding hydrogens is 247 g/mol. The number of carbonyl (C=O) groups is 2. The van der Waals surface area contributed by atoms with Crippen LogP contribution in [0.1, 0.15) is 12.8 Å². The van der Waals surface area contributed by atoms with Gasteiger partial charge in [0.2, 0.25) is 0 Å². The van der Waals surface area contributed by atoms with Crippen molar-refractivity contribution in [3.8, 4) is 0 Å². The van der Waals surface area contributed by atoms with Gasteiger partial charge in [-0.3, -0.25) is 4.79 Å². The molecule has 0 bridgehead atoms. The zero-order valence-electron chi connectivity index (χ0n) is 7.54. The molecule has 0 heterocycles. The van der Waals surface area contributed by atoms with Crippen molar-refractivity contribution in [2.45, 2.75) is 12.8 Å². The average Bonchev–Trinajstić information content (AvgIpc) is 1.99. The zero-order valence-corrected chi connectivity index (χ0v) is 10.4. The van der Waals surface area contributed by atoms with Gasteiger partial charge in [-0.15, -0.1) is 0 Å². The molecule has 1 N–H and O–H groups in total. The molecule has 0 amide bonds. The van der Waals surface area contributed by atoms with Gasteiger partial charge in [-0.05, 0) is 10.8 Å². The van der Waals surface area contributed by atoms with E-state index in [-0.39, 0.29) is 29.6 Å². The normalized spacial score (nSPS) is 10.2. The van der Waals surface area contributed by atoms with E-state index in [0.29, 0.717) is 0 Å². The minimum absolute atomic E-state index is 0. The Morgan fingerprint density at radius 1 is 1.27 bits per heavy atom. The van der Waals surface area contributed by atoms with E-state index in [4.69, 9.17) is 5.26 Å². The number of hydrogen-bond acceptors (Lipinski definition) is 9. The molecule has 82 valence electrons. The van der Waals surface area contributed by atoms with Crippen LogP contribution in [-0.4, -0.2) is 25.6 Å². The van der Waals surface area contributed by atoms with E-state index in [9.17, 15) is 23.1 Å². The summed E-state index contributed by atoms with van der Waals surface area (Å²) in [5.74, 6) is -2.93. The molecule has 0 atom stereocenters. The first-order valence-corrected chi connectivity index (χ1v) is 4.37. The Kier molecular flexibility index (Phi) is 9.14. The molecule has 0 saturated heterocycles. The third-order valence-corrected chi connectivity index (χ3v) is 1.46. The van der Waals surface area contributed by atoms with Crippen LogP contribution >= 0.6 is 0 Å². The first-order chi connectivity index (χ1) is 6.37. The van der Waals surface area contributed by atoms with Crippen molar-refractivity contribution in [2.75, 3.05) is 0 Å². The quantitative estimate of drug-likeness (QED) is 0.279. The zero-order chi connectivity index (χ0) is 11.2. The summed E-state index contributed by atoms with van der Waals surface area (Å²) in [4.78, 5) is 20.4. The van der Waals surface area contributed by atoms with E-state index in [0.717, 1.165) is 0 Å². The standard InChI is InChI=1S/C4H6O9S.Na/c5-3(6)1-2-4(7)11-14(9,10)13-12-8;/h8H,1-2H2,(H,5,6);/q;+1/p-1. The van der Waals surface area contributed by atoms with Crippen molar-refractivity contribution in [3.63, 3.8) is 0 Å². The number of aliphatic carboxylic acids is 1. The molecule has 0 spiro atoms. The van der Waals surface area contributed by atoms with Gasteiger partial charge in [0.25, 0.3) is 0 Å². The topological polar surface area (TPSA) is 139 Å². The number of hydrogen-bond donors (Lipinski definition) is 1. The molecule has 0 aliphatic rings. The van der Waals surface area contributed by atoms with Crippen molar-refractivity contribution in [2.24, 2.45) is 0 Å². The van der Waals surface area contributed by atoms with Crippen LogP contribution in [0.4, 0.5) is 0 Å². The minimum Gasteiger partial charge on any atom is -0.550 e. The molecule has 0 aromatic rings. The Hall–Kier alpha value is -0.230. The SMILES string of the molecule is O=C([O-])CCC(=O)OS(=O)(=O)OOO.[Na+]. The molecule has 15 heavy (non-hydrogen) atoms. The van der Waals surface area contributed by atoms with Crippen LogP contribution < -0.4 is 34.7 Å². The van der Waals surface area contributed by atoms with Crippen molar-refractivity contribution < 1.29 is 71.5 Å². The van der Waals surface area contributed by atoms with Gasteiger partial charge >= 0.3 is 45.9 Å². The van der Waals surface area contributed by atoms with Crippen LogP contribution in [0, 0.1) is 0 Å². The number of carbonyl (C=O) groups excluding carboxylic acids is 2. The first-order valence-electron chi connectivity index (χ1n) is 3.04. The maximum atomic E-state index is 10.5. The summed E-state index contributed by atoms with van der Waals surface area (Å²) >= 11 is 0. The van der Waals surface area contributed by atoms with Gasteiger partial charge in [0.1, 0.15) is 0 Å². The Labute approximate surface area is 106 Å². The van der Waals surface area contributed by atoms with Crippen molar-refractivity contribution in [1.29, 1.82) is 0 Å². The van der Waals surface area contributed by atoms with Gasteiger partial charge in [-0.2, -0.15) is 8.42 Å². The summed E-state index contributed by atoms with van der Waals surface area (Å²) in [5, 5.41) is 20.1. The first kappa shape index (κ1) is 17.2. The van der Waals surface area contributed by atoms with Crippen molar-refractivity contribution in [1.82, 2.24) is 0 Å². The second-order valence-electron chi connectivity index (χ2n) is 1.88. The molecule has 0 saturated carbocycles. The molecule has 0 aromatic heterocycles. The van der Waals surface area contributed by atoms with E-state index in [1.807, 2.05) is 0 Å². The number of carboxylic acid groups (broad SMARTS) is 1. The van der Waals surface area contributed by atoms with E-state index >= 15 is 0 Å². The van der Waals surface area contributed by atoms with Crippen LogP contribution in [0.3, 0.4) is 0 Å². The van der Waals surface area contributed by atoms with Gasteiger partial charge in [0.15, 0.2) is 0 Å². The van der Waals surface area contributed by atoms with Crippen LogP contribution in [0.15, 0.2) is 0 Å². The van der Waals surface area contributed by atoms with E-state index in [1.165, 1.54) is 0 Å². The maximum absolute atomic E-state index is 10.5. The second kappa shape index (κ2) is 7.98. The van der Waals surface area contributed by atoms with Gasteiger partial charge in [0, 0.05) is 5.97 Å². The molecule has 0 radical (unpaired) electrons. The summed E-state index contributed by atoms with van der Waals surface area (Å²) in [5.41, 5.74) is 0. The monoisotopic (exact) mass is 252 g/mol. The summed E-state index contributed by atoms with van der Waals surface area (Å²) < 4.78 is 27.4. The molecule has 11 heteroatoms. The predicted octanol–water partition coefficient (Wildman–Crippen LogP) is -5.27. The van der Waals surface area contributed by atoms with Gasteiger partial charge in [0.05, 0.1) is 6.42 Å². The Balaban J connectivity index is 0. The maximum Gasteiger partial charge on any atom is 1.00 e. The molecule has 0 rings (SSSR count). The van der Waals surface area contributed by atoms with Crippen LogP contribution in [-0.2, 0) is 33.5 Å². The van der Waals surface area contributed by atoms with E-state index in [2.05, 4.69) is 13.6 Å². The van der Waals surface area contributed by atoms with Crippen molar-refractivity contribution in [3.05, 3.63) is 0 Å². The van der Waals surface area contributed by atoms with Crippen LogP contribution in [0.5, 0.6) is 0 Å². The fraction of sp³-hybridized carbons (Fsp3) is 0.500. The molecule has 0 aliphatic carbocycles. The third kappa shape index (κ3) is 10.1. The van der Waals surface area contributed by atoms with Gasteiger partial charge in [-0.1, -0.05) is 5.04 Å². The fourth-order valence-electron chi connectivity index (χ4n) is 0.411. The molecular formula is C4H5NaO9S. The average molecular weight is 252 g/mol. The Bertz CT molecular complexity index is 308. The second-order valence-corrected chi connectivity index (χ2v) is 3.00. The minimum atomic E-state index is -4.81. The summed E-state index contributed by atoms with van der Waals surface area (Å²) in [6.07, 6.45) is -1.41. The van der Waals surface area contributed by atoms with Crippen LogP contribution in [0.2, 0.25) is 0 Å². The molecule has 0 aliphatic heterocycles. The molecule has 0 fully saturated rings. The summed E-state index contributed by atoms with van der Waals surface area (Å²) in [6, 6.07) is 0. The Morgan fingerprint density at radius 3 is 2.20 bits per heavy atom. The number of rotatable bonds is 6. The summed E-state index contributed by atoms with van der Waals surface area (Å²) in [6.45, 7) is 0. The summed E-state index contributed by atoms with van der Waals surface area (Å²) in [7, 11) is -4.81. The van der Waals surface area contributed by atoms with Crippen molar-refractivity contribution >= 4 is 22.3 Å². The Morgan fingerprint density at radius 2 is 1.80 bits per heavy atom. The third-order valence-electron chi connectivity index (χ3n) is 0.842. The van der Waals surface area contributed by atoms with E-state index < -0.39 is 35.2 Å². The van der Waals surface area contributed by atoms with Gasteiger partial charge < -0.3 is 14.1 Å². The molecule has 9 nitrogen and oxygen atoms in total. The predicted molar refractivity (Wildman–Crippen MR) is 34.1 cm³/mol. The fourth-order valence-corrected chi connectivity index (χ4v) is 0.824. The largest absolute Gasteiger partial charge is 1.00 e. The number of carboxylic acids is 1. The molecule has 0 unspecified atom stereocenters. The van der Waals surface area contributed by atoms with E-state index in [1.54, 1.807) is 0 Å². The van der Waals surface area contributed by atoms with Crippen LogP contribution in [0.25, 0.3) is 0 Å². The molecule has 0 aromatic carbocycles. The smallest absolute Gasteiger partial charge is 0.550 e. The van der Waals surface area contributed by atoms with Gasteiger partial charge in [-0.25, -0.2) is 5.26 Å².